The van der Waals surface area contributed by atoms with Crippen LogP contribution in [0.5, 0.6) is 0 Å². The summed E-state index contributed by atoms with van der Waals surface area (Å²) in [5.41, 5.74) is 2.97. The van der Waals surface area contributed by atoms with Crippen molar-refractivity contribution in [3.05, 3.63) is 106 Å². The minimum absolute atomic E-state index is 0.0301. The van der Waals surface area contributed by atoms with Crippen molar-refractivity contribution in [1.82, 2.24) is 36.1 Å². The molecule has 24 heteroatoms. The summed E-state index contributed by atoms with van der Waals surface area (Å²) < 4.78 is 54.8. The minimum atomic E-state index is -2.38. The first kappa shape index (κ1) is 59.9. The predicted octanol–water partition coefficient (Wildman–Crippen LogP) is 3.28. The van der Waals surface area contributed by atoms with E-state index in [1.807, 2.05) is 31.2 Å². The van der Waals surface area contributed by atoms with Gasteiger partial charge >= 0.3 is 0 Å². The number of rotatable bonds is 28. The predicted molar refractivity (Wildman–Crippen MR) is 286 cm³/mol. The number of nitrogens with zero attached hydrogens (tertiary/aromatic N) is 3. The van der Waals surface area contributed by atoms with E-state index in [0.717, 1.165) is 33.8 Å². The summed E-state index contributed by atoms with van der Waals surface area (Å²) in [6, 6.07) is 15.2. The molecule has 7 N–H and O–H groups in total. The van der Waals surface area contributed by atoms with Crippen LogP contribution in [0.2, 0.25) is 0 Å². The first-order valence-corrected chi connectivity index (χ1v) is 26.8. The fourth-order valence-corrected chi connectivity index (χ4v) is 9.79. The molecular weight excluding hydrogens is 1050 g/mol. The number of fused-ring (bicyclic) bond motifs is 1. The molecule has 7 rings (SSSR count). The van der Waals surface area contributed by atoms with Crippen LogP contribution < -0.4 is 26.2 Å². The van der Waals surface area contributed by atoms with E-state index < -0.39 is 70.4 Å². The lowest BCUT2D eigenvalue weighted by molar-refractivity contribution is -0.149. The number of thiazole rings is 1. The number of carbonyl (C=O) groups excluding carboxylic acids is 6. The summed E-state index contributed by atoms with van der Waals surface area (Å²) in [7, 11) is 0. The maximum absolute atomic E-state index is 13.9. The van der Waals surface area contributed by atoms with Gasteiger partial charge in [0.1, 0.15) is 36.0 Å². The molecule has 1 unspecified atom stereocenters. The summed E-state index contributed by atoms with van der Waals surface area (Å²) in [4.78, 5) is 90.3. The average Bonchev–Trinajstić information content (AvgIpc) is 4.27. The molecule has 2 fully saturated rings. The zero-order valence-electron chi connectivity index (χ0n) is 44.6. The molecule has 0 bridgehead atoms. The second-order valence-electron chi connectivity index (χ2n) is 20.2. The molecule has 0 radical (unpaired) electrons. The summed E-state index contributed by atoms with van der Waals surface area (Å²) in [5, 5.41) is 33.0. The van der Waals surface area contributed by atoms with Gasteiger partial charge in [0.15, 0.2) is 0 Å². The number of halogens is 2. The number of aromatic nitrogens is 2. The lowest BCUT2D eigenvalue weighted by atomic mass is 9.85. The highest BCUT2D eigenvalue weighted by Gasteiger charge is 2.52. The Hall–Kier alpha value is -6.77. The molecule has 0 saturated carbocycles. The fraction of sp³-hybridized carbons (Fsp3) is 0.473. The Morgan fingerprint density at radius 1 is 0.823 bits per heavy atom. The number of likely N-dealkylation sites (tertiary alicyclic amines) is 1. The molecule has 2 aliphatic rings. The number of nitrogens with one attached hydrogen (secondary N) is 5. The van der Waals surface area contributed by atoms with Gasteiger partial charge in [-0.15, -0.1) is 11.3 Å². The lowest BCUT2D eigenvalue weighted by Gasteiger charge is -2.35. The number of hydrogen-bond acceptors (Lipinski definition) is 15. The maximum Gasteiger partial charge on any atom is 0.268 e. The van der Waals surface area contributed by atoms with Crippen molar-refractivity contribution in [2.24, 2.45) is 5.41 Å². The van der Waals surface area contributed by atoms with Crippen LogP contribution in [-0.2, 0) is 60.7 Å². The summed E-state index contributed by atoms with van der Waals surface area (Å²) in [6.45, 7) is 9.54. The second-order valence-corrected chi connectivity index (χ2v) is 21.0. The molecule has 4 heterocycles. The third-order valence-corrected chi connectivity index (χ3v) is 14.2. The van der Waals surface area contributed by atoms with E-state index in [0.29, 0.717) is 49.1 Å². The van der Waals surface area contributed by atoms with E-state index in [9.17, 15) is 47.8 Å². The molecule has 21 nitrogen and oxygen atoms in total. The van der Waals surface area contributed by atoms with Gasteiger partial charge in [-0.2, -0.15) is 0 Å². The van der Waals surface area contributed by atoms with Gasteiger partial charge in [-0.1, -0.05) is 45.0 Å². The largest absolute Gasteiger partial charge is 0.391 e. The number of ether oxygens (including phenoxy) is 5. The van der Waals surface area contributed by atoms with Gasteiger partial charge in [0.05, 0.1) is 81.6 Å². The summed E-state index contributed by atoms with van der Waals surface area (Å²) in [5.74, 6) is -5.25. The molecule has 2 aliphatic heterocycles. The van der Waals surface area contributed by atoms with Crippen LogP contribution in [0.1, 0.15) is 60.9 Å². The Labute approximate surface area is 459 Å². The summed E-state index contributed by atoms with van der Waals surface area (Å²) >= 11 is 1.56. The number of aryl methyl sites for hydroxylation is 1. The van der Waals surface area contributed by atoms with Gasteiger partial charge in [0.2, 0.25) is 23.3 Å². The first-order chi connectivity index (χ1) is 37.8. The number of aliphatic hydroxyl groups is 2. The SMILES string of the molecule is Cc1ncsc1-c1ccc(CNC(=O)[C@@H]2C[C@@H](O)CN2C(=O)[C@@H](NC(=O)COCCOCCOCCOCCOCCNC(=O)c2cc3cc(N4CCC(O)(C(=O)NCc5cc(F)cc(F)c5)C4=O)ccc3[nH]2)C(C)(C)C)cc1. The van der Waals surface area contributed by atoms with Crippen LogP contribution in [0.4, 0.5) is 14.5 Å². The van der Waals surface area contributed by atoms with Gasteiger partial charge < -0.3 is 69.9 Å². The monoisotopic (exact) mass is 1120 g/mol. The van der Waals surface area contributed by atoms with E-state index in [2.05, 4.69) is 31.2 Å². The van der Waals surface area contributed by atoms with Crippen molar-refractivity contribution in [3.8, 4) is 10.4 Å². The van der Waals surface area contributed by atoms with Crippen molar-refractivity contribution in [3.63, 3.8) is 0 Å². The molecule has 4 atom stereocenters. The highest BCUT2D eigenvalue weighted by molar-refractivity contribution is 7.13. The Morgan fingerprint density at radius 2 is 1.46 bits per heavy atom. The molecule has 6 amide bonds. The van der Waals surface area contributed by atoms with E-state index in [1.54, 1.807) is 61.9 Å². The van der Waals surface area contributed by atoms with Crippen molar-refractivity contribution >= 4 is 63.4 Å². The number of carbonyl (C=O) groups is 6. The van der Waals surface area contributed by atoms with E-state index in [-0.39, 0.29) is 102 Å². The maximum atomic E-state index is 13.9. The molecular formula is C55H68F2N8O13S. The van der Waals surface area contributed by atoms with Gasteiger partial charge in [0, 0.05) is 68.2 Å². The highest BCUT2D eigenvalue weighted by Crippen LogP contribution is 2.32. The van der Waals surface area contributed by atoms with Crippen LogP contribution in [0.15, 0.2) is 72.2 Å². The van der Waals surface area contributed by atoms with Gasteiger partial charge in [-0.3, -0.25) is 28.8 Å². The Kier molecular flexibility index (Phi) is 21.1. The third kappa shape index (κ3) is 16.4. The van der Waals surface area contributed by atoms with Crippen molar-refractivity contribution < 1.29 is 71.4 Å². The van der Waals surface area contributed by atoms with Gasteiger partial charge in [0.25, 0.3) is 17.7 Å². The number of benzene rings is 3. The second kappa shape index (κ2) is 27.9. The standard InChI is InChI=1S/C55H68F2N8O13S/c1-34-47(79-33-61-34)37-7-5-35(6-8-37)29-59-50(69)45-28-42(66)31-65(45)51(70)48(54(2,3)4)63-46(67)32-78-22-21-77-20-19-76-18-17-75-16-15-74-14-12-58-49(68)44-26-38-25-41(9-10-43(38)62-44)64-13-11-55(73,53(64)72)52(71)60-30-36-23-39(56)27-40(57)24-36/h5-10,23-27,33,42,45,48,62,66,73H,11-22,28-32H2,1-4H3,(H,58,68)(H,59,69)(H,60,71)(H,63,67)/t42-,45+,48-,55?/m1/s1. The van der Waals surface area contributed by atoms with Crippen LogP contribution >= 0.6 is 11.3 Å². The number of H-pyrrole nitrogens is 1. The molecule has 79 heavy (non-hydrogen) atoms. The van der Waals surface area contributed by atoms with Crippen molar-refractivity contribution in [1.29, 1.82) is 0 Å². The number of aliphatic hydroxyl groups excluding tert-OH is 1. The number of anilines is 1. The average molecular weight is 1120 g/mol. The normalized spacial score (nSPS) is 17.8. The quantitative estimate of drug-likeness (QED) is 0.0280. The van der Waals surface area contributed by atoms with Crippen molar-refractivity contribution in [2.75, 3.05) is 90.6 Å². The van der Waals surface area contributed by atoms with E-state index in [1.165, 1.54) is 9.80 Å². The molecule has 2 aromatic heterocycles. The topological polar surface area (TPSA) is 272 Å². The molecule has 5 aromatic rings. The molecule has 2 saturated heterocycles. The zero-order valence-corrected chi connectivity index (χ0v) is 45.4. The van der Waals surface area contributed by atoms with Gasteiger partial charge in [-0.25, -0.2) is 13.8 Å². The lowest BCUT2D eigenvalue weighted by Crippen LogP contribution is -2.58. The molecule has 3 aromatic carbocycles. The number of amides is 6. The van der Waals surface area contributed by atoms with Crippen molar-refractivity contribution in [2.45, 2.75) is 77.4 Å². The smallest absolute Gasteiger partial charge is 0.268 e. The van der Waals surface area contributed by atoms with Crippen LogP contribution in [0.3, 0.4) is 0 Å². The Morgan fingerprint density at radius 3 is 2.09 bits per heavy atom. The van der Waals surface area contributed by atoms with Crippen LogP contribution in [-0.4, -0.2) is 170 Å². The fourth-order valence-electron chi connectivity index (χ4n) is 8.97. The zero-order chi connectivity index (χ0) is 56.7. The molecule has 426 valence electrons. The minimum Gasteiger partial charge on any atom is -0.391 e. The first-order valence-electron chi connectivity index (χ1n) is 25.9. The summed E-state index contributed by atoms with van der Waals surface area (Å²) in [6.07, 6.45) is -1.03. The number of β-amino-alcohol motifs (C(OH)–C–C–N with tert-alkyl or cyclic N) is 1. The number of aromatic amines is 1. The third-order valence-electron chi connectivity index (χ3n) is 13.2. The van der Waals surface area contributed by atoms with Gasteiger partial charge in [-0.05, 0) is 65.4 Å². The van der Waals surface area contributed by atoms with Crippen LogP contribution in [0, 0.1) is 24.0 Å². The van der Waals surface area contributed by atoms with E-state index >= 15 is 0 Å². The van der Waals surface area contributed by atoms with Crippen LogP contribution in [0.25, 0.3) is 21.3 Å². The van der Waals surface area contributed by atoms with E-state index in [4.69, 9.17) is 23.7 Å². The Balaban J connectivity index is 0.694. The highest BCUT2D eigenvalue weighted by atomic mass is 32.1. The molecule has 0 spiro atoms. The number of hydrogen-bond donors (Lipinski definition) is 7. The molecule has 0 aliphatic carbocycles. The Bertz CT molecular complexity index is 2900.